The van der Waals surface area contributed by atoms with E-state index in [1.807, 2.05) is 4.90 Å². The molecule has 130 valence electrons. The molecule has 0 saturated carbocycles. The number of benzene rings is 1. The highest BCUT2D eigenvalue weighted by molar-refractivity contribution is 6.30. The van der Waals surface area contributed by atoms with Crippen LogP contribution in [0.15, 0.2) is 24.3 Å². The molecular formula is C19H21ClN4O. The minimum Gasteiger partial charge on any atom is -0.356 e. The molecular weight excluding hydrogens is 336 g/mol. The highest BCUT2D eigenvalue weighted by Crippen LogP contribution is 2.40. The van der Waals surface area contributed by atoms with Crippen molar-refractivity contribution in [1.82, 2.24) is 14.9 Å². The fourth-order valence-corrected chi connectivity index (χ4v) is 3.61. The molecule has 1 unspecified atom stereocenters. The van der Waals surface area contributed by atoms with Gasteiger partial charge in [-0.05, 0) is 37.6 Å². The number of hydrogen-bond acceptors (Lipinski definition) is 4. The lowest BCUT2D eigenvalue weighted by Gasteiger charge is -2.34. The molecule has 1 aromatic carbocycles. The van der Waals surface area contributed by atoms with Crippen molar-refractivity contribution < 1.29 is 4.79 Å². The third-order valence-corrected chi connectivity index (χ3v) is 5.33. The van der Waals surface area contributed by atoms with E-state index < -0.39 is 0 Å². The summed E-state index contributed by atoms with van der Waals surface area (Å²) in [4.78, 5) is 26.6. The van der Waals surface area contributed by atoms with Crippen molar-refractivity contribution in [3.05, 3.63) is 51.9 Å². The largest absolute Gasteiger partial charge is 0.356 e. The van der Waals surface area contributed by atoms with E-state index in [0.717, 1.165) is 42.4 Å². The number of halogens is 1. The summed E-state index contributed by atoms with van der Waals surface area (Å²) >= 11 is 5.94. The maximum absolute atomic E-state index is 13.0. The van der Waals surface area contributed by atoms with Crippen LogP contribution in [0.25, 0.3) is 0 Å². The van der Waals surface area contributed by atoms with Crippen LogP contribution >= 0.6 is 11.6 Å². The van der Waals surface area contributed by atoms with Gasteiger partial charge in [0.15, 0.2) is 0 Å². The zero-order valence-corrected chi connectivity index (χ0v) is 15.3. The molecule has 1 amide bonds. The normalized spacial score (nSPS) is 18.9. The molecule has 0 radical (unpaired) electrons. The van der Waals surface area contributed by atoms with Gasteiger partial charge in [-0.25, -0.2) is 9.97 Å². The van der Waals surface area contributed by atoms with Gasteiger partial charge in [0.25, 0.3) is 5.91 Å². The topological polar surface area (TPSA) is 49.3 Å². The first-order valence-corrected chi connectivity index (χ1v) is 9.17. The molecule has 0 N–H and O–H groups in total. The predicted molar refractivity (Wildman–Crippen MR) is 98.0 cm³/mol. The molecule has 4 rings (SSSR count). The fraction of sp³-hybridized carbons (Fsp3) is 0.421. The van der Waals surface area contributed by atoms with Crippen LogP contribution in [0.1, 0.15) is 53.7 Å². The van der Waals surface area contributed by atoms with Crippen molar-refractivity contribution in [2.75, 3.05) is 18.0 Å². The Morgan fingerprint density at radius 2 is 1.96 bits per heavy atom. The third kappa shape index (κ3) is 2.76. The lowest BCUT2D eigenvalue weighted by molar-refractivity contribution is 0.0704. The highest BCUT2D eigenvalue weighted by Gasteiger charge is 2.37. The molecule has 1 aromatic heterocycles. The van der Waals surface area contributed by atoms with Gasteiger partial charge in [-0.3, -0.25) is 4.79 Å². The lowest BCUT2D eigenvalue weighted by Crippen LogP contribution is -2.39. The van der Waals surface area contributed by atoms with Crippen molar-refractivity contribution in [2.24, 2.45) is 0 Å². The molecule has 0 aliphatic carbocycles. The monoisotopic (exact) mass is 356 g/mol. The average molecular weight is 357 g/mol. The first kappa shape index (κ1) is 16.3. The molecule has 2 aliphatic rings. The number of anilines is 1. The number of aryl methyl sites for hydroxylation is 1. The number of hydrogen-bond donors (Lipinski definition) is 0. The Kier molecular flexibility index (Phi) is 4.12. The zero-order chi connectivity index (χ0) is 17.6. The highest BCUT2D eigenvalue weighted by atomic mass is 35.5. The number of nitrogens with zero attached hydrogens (tertiary/aromatic N) is 4. The molecule has 0 bridgehead atoms. The van der Waals surface area contributed by atoms with Gasteiger partial charge in [0.1, 0.15) is 11.6 Å². The van der Waals surface area contributed by atoms with E-state index in [1.54, 1.807) is 24.3 Å². The average Bonchev–Trinajstić information content (AvgIpc) is 2.90. The quantitative estimate of drug-likeness (QED) is 0.842. The van der Waals surface area contributed by atoms with E-state index in [9.17, 15) is 4.79 Å². The molecule has 1 atom stereocenters. The summed E-state index contributed by atoms with van der Waals surface area (Å²) in [6.07, 6.45) is 2.00. The van der Waals surface area contributed by atoms with E-state index in [2.05, 4.69) is 18.7 Å². The molecule has 3 heterocycles. The van der Waals surface area contributed by atoms with E-state index in [0.29, 0.717) is 17.1 Å². The number of carbonyl (C=O) groups is 1. The van der Waals surface area contributed by atoms with Crippen LogP contribution in [-0.4, -0.2) is 33.9 Å². The van der Waals surface area contributed by atoms with Crippen LogP contribution in [0.3, 0.4) is 0 Å². The number of aromatic nitrogens is 2. The van der Waals surface area contributed by atoms with Gasteiger partial charge < -0.3 is 9.80 Å². The van der Waals surface area contributed by atoms with Crippen LogP contribution in [0.2, 0.25) is 5.02 Å². The van der Waals surface area contributed by atoms with Gasteiger partial charge in [-0.15, -0.1) is 0 Å². The summed E-state index contributed by atoms with van der Waals surface area (Å²) in [5.41, 5.74) is 2.75. The molecule has 2 aliphatic heterocycles. The Hall–Kier alpha value is -2.14. The minimum atomic E-state index is -0.0281. The molecule has 0 spiro atoms. The Morgan fingerprint density at radius 1 is 1.24 bits per heavy atom. The van der Waals surface area contributed by atoms with Crippen molar-refractivity contribution in [2.45, 2.75) is 39.3 Å². The van der Waals surface area contributed by atoms with E-state index in [1.165, 1.54) is 6.42 Å². The number of carbonyl (C=O) groups excluding carboxylic acids is 1. The van der Waals surface area contributed by atoms with Gasteiger partial charge in [0.2, 0.25) is 0 Å². The van der Waals surface area contributed by atoms with Crippen LogP contribution in [0.4, 0.5) is 5.82 Å². The van der Waals surface area contributed by atoms with Crippen LogP contribution in [0.5, 0.6) is 0 Å². The maximum atomic E-state index is 13.0. The predicted octanol–water partition coefficient (Wildman–Crippen LogP) is 3.62. The second-order valence-electron chi connectivity index (χ2n) is 6.63. The van der Waals surface area contributed by atoms with Gasteiger partial charge >= 0.3 is 0 Å². The number of amides is 1. The maximum Gasteiger partial charge on any atom is 0.254 e. The summed E-state index contributed by atoms with van der Waals surface area (Å²) in [6.45, 7) is 6.73. The summed E-state index contributed by atoms with van der Waals surface area (Å²) in [7, 11) is 0. The Bertz CT molecular complexity index is 817. The molecule has 1 fully saturated rings. The molecule has 2 aromatic rings. The van der Waals surface area contributed by atoms with E-state index in [4.69, 9.17) is 21.6 Å². The summed E-state index contributed by atoms with van der Waals surface area (Å²) in [6, 6.07) is 7.03. The zero-order valence-electron chi connectivity index (χ0n) is 14.5. The lowest BCUT2D eigenvalue weighted by atomic mass is 10.1. The van der Waals surface area contributed by atoms with Gasteiger partial charge in [0, 0.05) is 35.7 Å². The van der Waals surface area contributed by atoms with Gasteiger partial charge in [-0.2, -0.15) is 0 Å². The summed E-state index contributed by atoms with van der Waals surface area (Å²) in [5, 5.41) is 0.632. The molecule has 25 heavy (non-hydrogen) atoms. The number of fused-ring (bicyclic) bond motifs is 1. The smallest absolute Gasteiger partial charge is 0.254 e. The van der Waals surface area contributed by atoms with Crippen molar-refractivity contribution in [3.8, 4) is 0 Å². The second-order valence-corrected chi connectivity index (χ2v) is 7.07. The Balaban J connectivity index is 1.69. The van der Waals surface area contributed by atoms with Gasteiger partial charge in [0.05, 0.1) is 18.3 Å². The summed E-state index contributed by atoms with van der Waals surface area (Å²) < 4.78 is 0. The van der Waals surface area contributed by atoms with Crippen molar-refractivity contribution in [3.63, 3.8) is 0 Å². The molecule has 5 nitrogen and oxygen atoms in total. The minimum absolute atomic E-state index is 0.00905. The number of rotatable bonds is 3. The Labute approximate surface area is 152 Å². The van der Waals surface area contributed by atoms with Crippen LogP contribution in [0, 0.1) is 0 Å². The van der Waals surface area contributed by atoms with E-state index >= 15 is 0 Å². The van der Waals surface area contributed by atoms with Crippen LogP contribution in [-0.2, 0) is 13.0 Å². The van der Waals surface area contributed by atoms with Crippen LogP contribution < -0.4 is 4.90 Å². The molecule has 6 heteroatoms. The molecule has 1 saturated heterocycles. The second kappa shape index (κ2) is 6.30. The summed E-state index contributed by atoms with van der Waals surface area (Å²) in [5.74, 6) is 1.88. The first-order chi connectivity index (χ1) is 12.1. The van der Waals surface area contributed by atoms with Crippen molar-refractivity contribution >= 4 is 23.3 Å². The van der Waals surface area contributed by atoms with E-state index in [-0.39, 0.29) is 11.9 Å². The van der Waals surface area contributed by atoms with Gasteiger partial charge in [-0.1, -0.05) is 18.5 Å². The first-order valence-electron chi connectivity index (χ1n) is 8.79. The third-order valence-electron chi connectivity index (χ3n) is 5.08. The fourth-order valence-electron chi connectivity index (χ4n) is 3.49. The SMILES string of the molecule is CCc1nc2c(c(N3CCC3)n1)C(C)N(C(=O)c1ccc(Cl)cc1)C2. The van der Waals surface area contributed by atoms with Crippen molar-refractivity contribution in [1.29, 1.82) is 0 Å². The Morgan fingerprint density at radius 3 is 2.56 bits per heavy atom. The standard InChI is InChI=1S/C19H21ClN4O/c1-3-16-21-15-11-24(19(25)13-5-7-14(20)8-6-13)12(2)17(15)18(22-16)23-9-4-10-23/h5-8,12H,3-4,9-11H2,1-2H3.